The molecule has 3 aromatic rings. The first-order valence-corrected chi connectivity index (χ1v) is 8.32. The van der Waals surface area contributed by atoms with E-state index in [1.165, 1.54) is 0 Å². The maximum atomic E-state index is 11.1. The first-order valence-electron chi connectivity index (χ1n) is 7.56. The summed E-state index contributed by atoms with van der Waals surface area (Å²) in [5, 5.41) is 11.1. The minimum Gasteiger partial charge on any atom is -0.333 e. The van der Waals surface area contributed by atoms with Gasteiger partial charge >= 0.3 is 0 Å². The highest BCUT2D eigenvalue weighted by Crippen LogP contribution is 2.34. The smallest absolute Gasteiger partial charge is 0.299 e. The van der Waals surface area contributed by atoms with E-state index in [2.05, 4.69) is 4.98 Å². The van der Waals surface area contributed by atoms with E-state index in [-0.39, 0.29) is 12.3 Å². The fraction of sp³-hybridized carbons (Fsp3) is 0.0556. The molecular formula is C18H13Cl2N3O3. The van der Waals surface area contributed by atoms with Gasteiger partial charge in [-0.1, -0.05) is 59.6 Å². The van der Waals surface area contributed by atoms with Crippen LogP contribution in [-0.4, -0.2) is 14.6 Å². The molecule has 6 nitrogen and oxygen atoms in total. The van der Waals surface area contributed by atoms with Crippen molar-refractivity contribution in [3.05, 3.63) is 98.5 Å². The van der Waals surface area contributed by atoms with Gasteiger partial charge in [0.25, 0.3) is 5.09 Å². The Morgan fingerprint density at radius 2 is 1.96 bits per heavy atom. The van der Waals surface area contributed by atoms with Crippen molar-refractivity contribution in [2.75, 3.05) is 0 Å². The molecule has 0 aliphatic heterocycles. The maximum Gasteiger partial charge on any atom is 0.299 e. The lowest BCUT2D eigenvalue weighted by atomic mass is 10.0. The van der Waals surface area contributed by atoms with Crippen molar-refractivity contribution >= 4 is 34.5 Å². The maximum absolute atomic E-state index is 11.1. The zero-order chi connectivity index (χ0) is 18.5. The highest BCUT2D eigenvalue weighted by molar-refractivity contribution is 6.35. The molecule has 0 unspecified atom stereocenters. The van der Waals surface area contributed by atoms with Gasteiger partial charge in [-0.05, 0) is 12.1 Å². The number of hydrogen-bond acceptors (Lipinski definition) is 4. The molecule has 1 aromatic heterocycles. The van der Waals surface area contributed by atoms with Gasteiger partial charge in [0.1, 0.15) is 5.76 Å². The van der Waals surface area contributed by atoms with Crippen LogP contribution < -0.4 is 0 Å². The Morgan fingerprint density at radius 3 is 2.58 bits per heavy atom. The SMILES string of the molecule is O=[N+]([O-])O/C(=C(/Cn1ccnc1)c1ccc(Cl)cc1Cl)c1ccccc1. The first-order chi connectivity index (χ1) is 12.5. The van der Waals surface area contributed by atoms with Gasteiger partial charge in [0.15, 0.2) is 0 Å². The van der Waals surface area contributed by atoms with Crippen LogP contribution in [0.4, 0.5) is 0 Å². The molecule has 8 heteroatoms. The van der Waals surface area contributed by atoms with Gasteiger partial charge in [-0.15, -0.1) is 10.1 Å². The van der Waals surface area contributed by atoms with Crippen LogP contribution >= 0.6 is 23.2 Å². The molecule has 0 fully saturated rings. The van der Waals surface area contributed by atoms with Gasteiger partial charge in [0.05, 0.1) is 12.9 Å². The Labute approximate surface area is 159 Å². The second-order valence-corrected chi connectivity index (χ2v) is 6.19. The summed E-state index contributed by atoms with van der Waals surface area (Å²) in [5.74, 6) is 0.105. The third-order valence-corrected chi connectivity index (χ3v) is 4.18. The topological polar surface area (TPSA) is 70.2 Å². The van der Waals surface area contributed by atoms with Crippen molar-refractivity contribution in [3.63, 3.8) is 0 Å². The molecule has 0 saturated carbocycles. The molecular weight excluding hydrogens is 377 g/mol. The normalized spacial score (nSPS) is 11.8. The molecule has 0 radical (unpaired) electrons. The van der Waals surface area contributed by atoms with Crippen molar-refractivity contribution in [2.45, 2.75) is 6.54 Å². The summed E-state index contributed by atoms with van der Waals surface area (Å²) in [5.41, 5.74) is 1.68. The van der Waals surface area contributed by atoms with Gasteiger partial charge in [-0.3, -0.25) is 4.84 Å². The molecule has 1 heterocycles. The van der Waals surface area contributed by atoms with Crippen molar-refractivity contribution in [3.8, 4) is 0 Å². The van der Waals surface area contributed by atoms with Crippen molar-refractivity contribution in [1.29, 1.82) is 0 Å². The van der Waals surface area contributed by atoms with Gasteiger partial charge < -0.3 is 4.57 Å². The number of aromatic nitrogens is 2. The Balaban J connectivity index is 2.23. The molecule has 2 aromatic carbocycles. The summed E-state index contributed by atoms with van der Waals surface area (Å²) in [6.45, 7) is 0.277. The largest absolute Gasteiger partial charge is 0.333 e. The predicted octanol–water partition coefficient (Wildman–Crippen LogP) is 4.97. The lowest BCUT2D eigenvalue weighted by molar-refractivity contribution is -0.730. The van der Waals surface area contributed by atoms with Crippen LogP contribution in [0.2, 0.25) is 10.0 Å². The zero-order valence-electron chi connectivity index (χ0n) is 13.4. The lowest BCUT2D eigenvalue weighted by Gasteiger charge is -2.16. The summed E-state index contributed by atoms with van der Waals surface area (Å²) >= 11 is 12.4. The van der Waals surface area contributed by atoms with Crippen molar-refractivity contribution in [1.82, 2.24) is 9.55 Å². The van der Waals surface area contributed by atoms with Crippen LogP contribution in [0.5, 0.6) is 0 Å². The van der Waals surface area contributed by atoms with E-state index in [4.69, 9.17) is 28.0 Å². The Kier molecular flexibility index (Phi) is 5.55. The third kappa shape index (κ3) is 4.22. The number of hydrogen-bond donors (Lipinski definition) is 0. The fourth-order valence-corrected chi connectivity index (χ4v) is 3.04. The zero-order valence-corrected chi connectivity index (χ0v) is 14.9. The summed E-state index contributed by atoms with van der Waals surface area (Å²) < 4.78 is 1.77. The Morgan fingerprint density at radius 1 is 1.19 bits per heavy atom. The van der Waals surface area contributed by atoms with E-state index >= 15 is 0 Å². The molecule has 0 bridgehead atoms. The molecule has 0 amide bonds. The minimum absolute atomic E-state index is 0.105. The number of benzene rings is 2. The van der Waals surface area contributed by atoms with Crippen LogP contribution in [0.25, 0.3) is 11.3 Å². The van der Waals surface area contributed by atoms with E-state index in [9.17, 15) is 10.1 Å². The molecule has 3 rings (SSSR count). The third-order valence-electron chi connectivity index (χ3n) is 3.63. The van der Waals surface area contributed by atoms with Crippen LogP contribution in [0.3, 0.4) is 0 Å². The second kappa shape index (κ2) is 8.03. The van der Waals surface area contributed by atoms with Gasteiger partial charge in [-0.2, -0.15) is 0 Å². The van der Waals surface area contributed by atoms with Crippen LogP contribution in [0, 0.1) is 10.1 Å². The highest BCUT2D eigenvalue weighted by Gasteiger charge is 2.18. The van der Waals surface area contributed by atoms with E-state index < -0.39 is 5.09 Å². The number of rotatable bonds is 6. The molecule has 0 aliphatic rings. The average Bonchev–Trinajstić information content (AvgIpc) is 3.12. The highest BCUT2D eigenvalue weighted by atomic mass is 35.5. The van der Waals surface area contributed by atoms with Crippen LogP contribution in [-0.2, 0) is 11.4 Å². The summed E-state index contributed by atoms with van der Waals surface area (Å²) in [6, 6.07) is 13.8. The Hall–Kier alpha value is -2.83. The minimum atomic E-state index is -0.833. The molecule has 132 valence electrons. The van der Waals surface area contributed by atoms with E-state index in [1.807, 2.05) is 6.07 Å². The van der Waals surface area contributed by atoms with Gasteiger partial charge in [0.2, 0.25) is 0 Å². The molecule has 0 saturated heterocycles. The van der Waals surface area contributed by atoms with Crippen LogP contribution in [0.1, 0.15) is 11.1 Å². The lowest BCUT2D eigenvalue weighted by Crippen LogP contribution is -2.07. The van der Waals surface area contributed by atoms with E-state index in [0.29, 0.717) is 26.7 Å². The summed E-state index contributed by atoms with van der Waals surface area (Å²) in [7, 11) is 0. The molecule has 0 N–H and O–H groups in total. The number of halogens is 2. The van der Waals surface area contributed by atoms with E-state index in [1.54, 1.807) is 65.8 Å². The standard InChI is InChI=1S/C18H13Cl2N3O3/c19-14-6-7-15(17(20)10-14)16(11-22-9-8-21-12-22)18(26-23(24)25)13-4-2-1-3-5-13/h1-10,12H,11H2/b18-16-. The monoisotopic (exact) mass is 389 g/mol. The van der Waals surface area contributed by atoms with Crippen molar-refractivity contribution < 1.29 is 9.92 Å². The predicted molar refractivity (Wildman–Crippen MR) is 100 cm³/mol. The number of imidazole rings is 1. The second-order valence-electron chi connectivity index (χ2n) is 5.35. The molecule has 0 spiro atoms. The number of allylic oxidation sites excluding steroid dienone is 1. The summed E-state index contributed by atoms with van der Waals surface area (Å²) in [4.78, 5) is 20.1. The van der Waals surface area contributed by atoms with Gasteiger partial charge in [0, 0.05) is 39.1 Å². The van der Waals surface area contributed by atoms with Crippen LogP contribution in [0.15, 0.2) is 67.3 Å². The van der Waals surface area contributed by atoms with Gasteiger partial charge in [-0.25, -0.2) is 4.98 Å². The molecule has 0 atom stereocenters. The fourth-order valence-electron chi connectivity index (χ4n) is 2.52. The Bertz CT molecular complexity index is 942. The first kappa shape index (κ1) is 18.0. The molecule has 26 heavy (non-hydrogen) atoms. The quantitative estimate of drug-likeness (QED) is 0.258. The summed E-state index contributed by atoms with van der Waals surface area (Å²) in [6.07, 6.45) is 4.98. The molecule has 0 aliphatic carbocycles. The number of nitrogens with zero attached hydrogens (tertiary/aromatic N) is 3. The van der Waals surface area contributed by atoms with E-state index in [0.717, 1.165) is 0 Å². The average molecular weight is 390 g/mol. The van der Waals surface area contributed by atoms with Crippen molar-refractivity contribution in [2.24, 2.45) is 0 Å².